The van der Waals surface area contributed by atoms with E-state index in [9.17, 15) is 10.4 Å². The van der Waals surface area contributed by atoms with Crippen LogP contribution < -0.4 is 11.0 Å². The molecule has 9 heavy (non-hydrogen) atoms. The first-order valence-electron chi connectivity index (χ1n) is 2.13. The Morgan fingerprint density at radius 1 is 1.67 bits per heavy atom. The molecule has 0 aromatic carbocycles. The van der Waals surface area contributed by atoms with Gasteiger partial charge in [-0.1, -0.05) is 0 Å². The van der Waals surface area contributed by atoms with Gasteiger partial charge in [0.1, 0.15) is 6.20 Å². The zero-order chi connectivity index (χ0) is 6.85. The maximum atomic E-state index is 10.0. The van der Waals surface area contributed by atoms with Gasteiger partial charge in [-0.2, -0.15) is 0 Å². The highest BCUT2D eigenvalue weighted by Crippen LogP contribution is 2.14. The normalized spacial score (nSPS) is 10.6. The molecule has 6 heteroatoms. The fourth-order valence-electron chi connectivity index (χ4n) is 0.382. The van der Waals surface area contributed by atoms with Gasteiger partial charge in [0.25, 0.3) is 0 Å². The monoisotopic (exact) mass is 146 g/mol. The Balaban J connectivity index is 2.85. The molecule has 0 fully saturated rings. The molecule has 1 rings (SSSR count). The van der Waals surface area contributed by atoms with Gasteiger partial charge in [-0.25, -0.2) is 4.98 Å². The van der Waals surface area contributed by atoms with Crippen molar-refractivity contribution in [2.45, 2.75) is 0 Å². The number of nitrogens with two attached hydrogens (primary N) is 1. The SMILES string of the molecule is Nc1ncc([NH+]([O-])[O-])s1. The third-order valence-corrected chi connectivity index (χ3v) is 1.53. The minimum atomic E-state index is -1.23. The van der Waals surface area contributed by atoms with Crippen molar-refractivity contribution in [2.75, 3.05) is 5.73 Å². The molecule has 1 aromatic heterocycles. The van der Waals surface area contributed by atoms with E-state index in [4.69, 9.17) is 5.73 Å². The second-order valence-corrected chi connectivity index (χ2v) is 2.41. The summed E-state index contributed by atoms with van der Waals surface area (Å²) in [7, 11) is 0. The van der Waals surface area contributed by atoms with Crippen LogP contribution >= 0.6 is 11.3 Å². The van der Waals surface area contributed by atoms with Crippen molar-refractivity contribution in [3.8, 4) is 0 Å². The van der Waals surface area contributed by atoms with Gasteiger partial charge in [0, 0.05) is 0 Å². The smallest absolute Gasteiger partial charge is 0.208 e. The van der Waals surface area contributed by atoms with Gasteiger partial charge < -0.3 is 21.4 Å². The molecule has 0 saturated heterocycles. The van der Waals surface area contributed by atoms with Crippen LogP contribution in [0.4, 0.5) is 10.1 Å². The number of aromatic nitrogens is 1. The van der Waals surface area contributed by atoms with E-state index in [1.165, 1.54) is 6.20 Å². The van der Waals surface area contributed by atoms with Crippen LogP contribution in [-0.2, 0) is 0 Å². The summed E-state index contributed by atoms with van der Waals surface area (Å²) in [5.74, 6) is 0. The Morgan fingerprint density at radius 3 is 2.56 bits per heavy atom. The summed E-state index contributed by atoms with van der Waals surface area (Å²) in [6.07, 6.45) is 1.18. The van der Waals surface area contributed by atoms with E-state index in [-0.39, 0.29) is 10.1 Å². The highest BCUT2D eigenvalue weighted by Gasteiger charge is 1.97. The van der Waals surface area contributed by atoms with E-state index in [1.54, 1.807) is 0 Å². The van der Waals surface area contributed by atoms with E-state index in [2.05, 4.69) is 4.98 Å². The number of hydrogen-bond acceptors (Lipinski definition) is 5. The first-order valence-corrected chi connectivity index (χ1v) is 2.94. The number of hydrogen-bond donors (Lipinski definition) is 2. The number of thiazole rings is 1. The molecule has 0 atom stereocenters. The van der Waals surface area contributed by atoms with Crippen molar-refractivity contribution in [2.24, 2.45) is 0 Å². The standard InChI is InChI=1S/C3H4N3O2S/c4-3-5-1-2(9-3)6(7)8/h1,6H,(H2,4,5)/q-1. The topological polar surface area (TPSA) is 89.5 Å². The van der Waals surface area contributed by atoms with Crippen molar-refractivity contribution in [3.05, 3.63) is 16.6 Å². The maximum Gasteiger partial charge on any atom is 0.208 e. The molecule has 0 aliphatic carbocycles. The van der Waals surface area contributed by atoms with Crippen molar-refractivity contribution in [1.29, 1.82) is 0 Å². The maximum absolute atomic E-state index is 10.0. The third kappa shape index (κ3) is 1.36. The summed E-state index contributed by atoms with van der Waals surface area (Å²) < 4.78 is 0. The fraction of sp³-hybridized carbons (Fsp3) is 0. The molecule has 0 aliphatic rings. The number of nitrogen functional groups attached to an aromatic ring is 1. The molecule has 0 radical (unpaired) electrons. The molecule has 50 valence electrons. The molecule has 0 saturated carbocycles. The van der Waals surface area contributed by atoms with Crippen molar-refractivity contribution < 1.29 is 5.23 Å². The number of nitrogens with one attached hydrogen (secondary N) is 1. The molecule has 0 bridgehead atoms. The molecule has 3 N–H and O–H groups in total. The number of rotatable bonds is 1. The van der Waals surface area contributed by atoms with E-state index in [1.807, 2.05) is 0 Å². The van der Waals surface area contributed by atoms with Crippen LogP contribution in [0.3, 0.4) is 0 Å². The van der Waals surface area contributed by atoms with E-state index >= 15 is 0 Å². The lowest BCUT2D eigenvalue weighted by Gasteiger charge is -2.21. The minimum Gasteiger partial charge on any atom is -0.627 e. The molecular weight excluding hydrogens is 142 g/mol. The summed E-state index contributed by atoms with van der Waals surface area (Å²) in [5, 5.41) is 19.1. The predicted octanol–water partition coefficient (Wildman–Crippen LogP) is -0.763. The molecule has 0 amide bonds. The number of nitrogens with zero attached hydrogens (tertiary/aromatic N) is 1. The third-order valence-electron chi connectivity index (χ3n) is 0.725. The van der Waals surface area contributed by atoms with E-state index < -0.39 is 5.23 Å². The quantitative estimate of drug-likeness (QED) is 0.509. The average molecular weight is 146 g/mol. The zero-order valence-electron chi connectivity index (χ0n) is 4.33. The van der Waals surface area contributed by atoms with Crippen LogP contribution in [0, 0.1) is 10.4 Å². The molecule has 1 heterocycles. The Bertz CT molecular complexity index is 199. The fourth-order valence-corrected chi connectivity index (χ4v) is 0.901. The van der Waals surface area contributed by atoms with Crippen LogP contribution in [0.15, 0.2) is 6.20 Å². The number of anilines is 1. The Kier molecular flexibility index (Phi) is 1.63. The van der Waals surface area contributed by atoms with Crippen LogP contribution in [0.1, 0.15) is 0 Å². The van der Waals surface area contributed by atoms with Crippen molar-refractivity contribution in [1.82, 2.24) is 4.98 Å². The number of quaternary nitrogens is 1. The van der Waals surface area contributed by atoms with Gasteiger partial charge in [-0.05, 0) is 11.3 Å². The Morgan fingerprint density at radius 2 is 2.33 bits per heavy atom. The van der Waals surface area contributed by atoms with Gasteiger partial charge in [0.15, 0.2) is 5.13 Å². The second-order valence-electron chi connectivity index (χ2n) is 1.35. The van der Waals surface area contributed by atoms with Crippen molar-refractivity contribution >= 4 is 21.5 Å². The van der Waals surface area contributed by atoms with Crippen LogP contribution in [0.2, 0.25) is 0 Å². The summed E-state index contributed by atoms with van der Waals surface area (Å²) in [4.78, 5) is 3.51. The van der Waals surface area contributed by atoms with Gasteiger partial charge in [0.05, 0.1) is 0 Å². The lowest BCUT2D eigenvalue weighted by atomic mass is 10.9. The summed E-state index contributed by atoms with van der Waals surface area (Å²) in [6, 6.07) is 0. The van der Waals surface area contributed by atoms with Gasteiger partial charge in [-0.15, -0.1) is 0 Å². The van der Waals surface area contributed by atoms with E-state index in [0.29, 0.717) is 0 Å². The van der Waals surface area contributed by atoms with Crippen LogP contribution in [0.5, 0.6) is 0 Å². The molecule has 0 aliphatic heterocycles. The predicted molar refractivity (Wildman–Crippen MR) is 33.9 cm³/mol. The first kappa shape index (κ1) is 6.43. The summed E-state index contributed by atoms with van der Waals surface area (Å²) >= 11 is 0.900. The second kappa shape index (κ2) is 2.28. The lowest BCUT2D eigenvalue weighted by Crippen LogP contribution is -2.95. The highest BCUT2D eigenvalue weighted by molar-refractivity contribution is 7.18. The molecule has 1 aromatic rings. The Labute approximate surface area is 54.9 Å². The zero-order valence-corrected chi connectivity index (χ0v) is 5.14. The molecular formula is C3H4N3O2S-. The molecule has 0 unspecified atom stereocenters. The first-order chi connectivity index (χ1) is 4.20. The van der Waals surface area contributed by atoms with Gasteiger partial charge in [-0.3, -0.25) is 0 Å². The highest BCUT2D eigenvalue weighted by atomic mass is 32.1. The van der Waals surface area contributed by atoms with Crippen LogP contribution in [-0.4, -0.2) is 4.98 Å². The largest absolute Gasteiger partial charge is 0.627 e. The van der Waals surface area contributed by atoms with Gasteiger partial charge >= 0.3 is 0 Å². The Hall–Kier alpha value is -0.690. The molecule has 5 nitrogen and oxygen atoms in total. The minimum absolute atomic E-state index is 0.0625. The molecule has 0 spiro atoms. The van der Waals surface area contributed by atoms with Gasteiger partial charge in [0.2, 0.25) is 5.00 Å². The van der Waals surface area contributed by atoms with E-state index in [0.717, 1.165) is 11.3 Å². The summed E-state index contributed by atoms with van der Waals surface area (Å²) in [6.45, 7) is 0. The van der Waals surface area contributed by atoms with Crippen LogP contribution in [0.25, 0.3) is 0 Å². The summed E-state index contributed by atoms with van der Waals surface area (Å²) in [5.41, 5.74) is 5.13. The lowest BCUT2D eigenvalue weighted by molar-refractivity contribution is -0.712. The van der Waals surface area contributed by atoms with Crippen molar-refractivity contribution in [3.63, 3.8) is 0 Å². The average Bonchev–Trinajstić information content (AvgIpc) is 2.14.